The monoisotopic (exact) mass is 545 g/mol. The Kier molecular flexibility index (Phi) is 9.22. The average molecular weight is 546 g/mol. The maximum atomic E-state index is 13.1. The Morgan fingerprint density at radius 3 is 2.46 bits per heavy atom. The van der Waals surface area contributed by atoms with Crippen molar-refractivity contribution in [3.8, 4) is 0 Å². The van der Waals surface area contributed by atoms with E-state index in [9.17, 15) is 28.8 Å². The summed E-state index contributed by atoms with van der Waals surface area (Å²) in [5.74, 6) is -3.05. The van der Waals surface area contributed by atoms with Crippen molar-refractivity contribution in [2.75, 3.05) is 51.4 Å². The zero-order valence-electron chi connectivity index (χ0n) is 21.3. The molecule has 3 aliphatic heterocycles. The Balaban J connectivity index is 1.17. The number of nitrogens with two attached hydrogens (primary N) is 1. The lowest BCUT2D eigenvalue weighted by Gasteiger charge is -2.31. The number of imide groups is 2. The van der Waals surface area contributed by atoms with Gasteiger partial charge in [0.05, 0.1) is 36.6 Å². The number of piperidine rings is 2. The molecule has 4 N–H and O–H groups in total. The van der Waals surface area contributed by atoms with Crippen molar-refractivity contribution in [1.82, 2.24) is 15.1 Å². The van der Waals surface area contributed by atoms with Crippen LogP contribution in [0.3, 0.4) is 0 Å². The molecule has 0 aromatic heterocycles. The lowest BCUT2D eigenvalue weighted by Crippen LogP contribution is -2.54. The minimum Gasteiger partial charge on any atom is -0.446 e. The summed E-state index contributed by atoms with van der Waals surface area (Å²) < 4.78 is 15.9. The highest BCUT2D eigenvalue weighted by Gasteiger charge is 2.45. The Hall–Kier alpha value is -3.88. The molecule has 6 amide bonds. The van der Waals surface area contributed by atoms with Gasteiger partial charge in [-0.25, -0.2) is 4.79 Å². The number of hydrogen-bond donors (Lipinski definition) is 3. The Labute approximate surface area is 224 Å². The van der Waals surface area contributed by atoms with Crippen LogP contribution in [0.5, 0.6) is 0 Å². The maximum Gasteiger partial charge on any atom is 0.404 e. The van der Waals surface area contributed by atoms with Crippen LogP contribution in [-0.2, 0) is 28.6 Å². The molecule has 0 bridgehead atoms. The number of benzene rings is 1. The first-order valence-electron chi connectivity index (χ1n) is 12.7. The van der Waals surface area contributed by atoms with E-state index >= 15 is 0 Å². The molecular weight excluding hydrogens is 514 g/mol. The molecule has 3 aliphatic rings. The number of fused-ring (bicyclic) bond motifs is 1. The van der Waals surface area contributed by atoms with Crippen molar-refractivity contribution in [2.24, 2.45) is 5.73 Å². The van der Waals surface area contributed by atoms with E-state index in [-0.39, 0.29) is 55.6 Å². The molecule has 14 nitrogen and oxygen atoms in total. The highest BCUT2D eigenvalue weighted by atomic mass is 16.6. The van der Waals surface area contributed by atoms with E-state index in [1.165, 1.54) is 18.2 Å². The van der Waals surface area contributed by atoms with Crippen molar-refractivity contribution in [2.45, 2.75) is 37.8 Å². The summed E-state index contributed by atoms with van der Waals surface area (Å²) in [5.41, 5.74) is 5.24. The van der Waals surface area contributed by atoms with Crippen LogP contribution in [0.1, 0.15) is 46.4 Å². The van der Waals surface area contributed by atoms with E-state index in [1.807, 2.05) is 0 Å². The van der Waals surface area contributed by atoms with E-state index in [2.05, 4.69) is 15.5 Å². The van der Waals surface area contributed by atoms with Crippen LogP contribution in [0.25, 0.3) is 0 Å². The van der Waals surface area contributed by atoms with Gasteiger partial charge in [-0.2, -0.15) is 0 Å². The second kappa shape index (κ2) is 12.8. The highest BCUT2D eigenvalue weighted by molar-refractivity contribution is 6.26. The van der Waals surface area contributed by atoms with Gasteiger partial charge in [0, 0.05) is 26.1 Å². The van der Waals surface area contributed by atoms with Gasteiger partial charge in [0.1, 0.15) is 18.8 Å². The van der Waals surface area contributed by atoms with Crippen molar-refractivity contribution in [1.29, 1.82) is 0 Å². The van der Waals surface area contributed by atoms with E-state index < -0.39 is 41.7 Å². The van der Waals surface area contributed by atoms with Gasteiger partial charge in [0.2, 0.25) is 17.7 Å². The van der Waals surface area contributed by atoms with Crippen LogP contribution >= 0.6 is 0 Å². The first kappa shape index (κ1) is 28.1. The number of nitrogens with one attached hydrogen (secondary N) is 2. The van der Waals surface area contributed by atoms with Gasteiger partial charge in [-0.3, -0.25) is 34.2 Å². The molecule has 1 unspecified atom stereocenters. The second-order valence-corrected chi connectivity index (χ2v) is 9.37. The molecule has 14 heteroatoms. The summed E-state index contributed by atoms with van der Waals surface area (Å²) in [7, 11) is 0. The molecule has 3 heterocycles. The summed E-state index contributed by atoms with van der Waals surface area (Å²) in [6.07, 6.45) is 0.609. The standard InChI is InChI=1S/C25H31N5O9/c26-25(36)39-15-6-8-29(9-7-15)10-11-37-12-13-38-14-20(32)27-17-3-1-2-16-21(17)24(35)30(23(16)34)18-4-5-19(31)28-22(18)33/h1-3,15,18H,4-14H2,(H2,26,36)(H,27,32)(H,28,31,33). The third-order valence-corrected chi connectivity index (χ3v) is 6.72. The molecule has 1 atom stereocenters. The molecule has 0 saturated carbocycles. The Morgan fingerprint density at radius 2 is 1.74 bits per heavy atom. The number of carbonyl (C=O) groups is 6. The lowest BCUT2D eigenvalue weighted by molar-refractivity contribution is -0.136. The van der Waals surface area contributed by atoms with Crippen LogP contribution in [0.2, 0.25) is 0 Å². The molecule has 0 radical (unpaired) electrons. The molecular formula is C25H31N5O9. The van der Waals surface area contributed by atoms with Gasteiger partial charge in [-0.05, 0) is 31.4 Å². The average Bonchev–Trinajstić information content (AvgIpc) is 3.14. The van der Waals surface area contributed by atoms with Crippen molar-refractivity contribution in [3.63, 3.8) is 0 Å². The number of amides is 6. The summed E-state index contributed by atoms with van der Waals surface area (Å²) in [4.78, 5) is 75.9. The van der Waals surface area contributed by atoms with Crippen LogP contribution in [-0.4, -0.2) is 104 Å². The van der Waals surface area contributed by atoms with Gasteiger partial charge < -0.3 is 30.2 Å². The molecule has 0 aliphatic carbocycles. The third kappa shape index (κ3) is 6.96. The number of nitrogens with zero attached hydrogens (tertiary/aromatic N) is 2. The molecule has 210 valence electrons. The molecule has 1 aromatic carbocycles. The fourth-order valence-corrected chi connectivity index (χ4v) is 4.80. The van der Waals surface area contributed by atoms with Gasteiger partial charge >= 0.3 is 6.09 Å². The van der Waals surface area contributed by atoms with Gasteiger partial charge in [-0.1, -0.05) is 6.07 Å². The summed E-state index contributed by atoms with van der Waals surface area (Å²) in [5, 5.41) is 4.73. The van der Waals surface area contributed by atoms with E-state index in [0.29, 0.717) is 13.2 Å². The predicted molar refractivity (Wildman–Crippen MR) is 134 cm³/mol. The zero-order valence-corrected chi connectivity index (χ0v) is 21.3. The number of primary amides is 1. The van der Waals surface area contributed by atoms with Crippen LogP contribution in [0.15, 0.2) is 18.2 Å². The minimum absolute atomic E-state index is 0.00546. The normalized spacial score (nSPS) is 20.1. The molecule has 39 heavy (non-hydrogen) atoms. The topological polar surface area (TPSA) is 187 Å². The molecule has 2 fully saturated rings. The zero-order chi connectivity index (χ0) is 27.9. The third-order valence-electron chi connectivity index (χ3n) is 6.72. The predicted octanol–water partition coefficient (Wildman–Crippen LogP) is -0.381. The van der Waals surface area contributed by atoms with Crippen molar-refractivity contribution < 1.29 is 43.0 Å². The van der Waals surface area contributed by atoms with E-state index in [4.69, 9.17) is 19.9 Å². The number of likely N-dealkylation sites (tertiary alicyclic amines) is 1. The van der Waals surface area contributed by atoms with Gasteiger partial charge in [-0.15, -0.1) is 0 Å². The Bertz CT molecular complexity index is 1150. The highest BCUT2D eigenvalue weighted by Crippen LogP contribution is 2.32. The van der Waals surface area contributed by atoms with Crippen LogP contribution in [0.4, 0.5) is 10.5 Å². The molecule has 4 rings (SSSR count). The number of carbonyl (C=O) groups excluding carboxylic acids is 6. The Morgan fingerprint density at radius 1 is 1.00 bits per heavy atom. The molecule has 2 saturated heterocycles. The lowest BCUT2D eigenvalue weighted by atomic mass is 10.0. The number of hydrogen-bond acceptors (Lipinski definition) is 10. The summed E-state index contributed by atoms with van der Waals surface area (Å²) >= 11 is 0. The minimum atomic E-state index is -1.09. The number of anilines is 1. The maximum absolute atomic E-state index is 13.1. The SMILES string of the molecule is NC(=O)OC1CCN(CCOCCOCC(=O)Nc2cccc3c2C(=O)N(C2CCC(=O)NC2=O)C3=O)CC1. The molecule has 1 aromatic rings. The fourth-order valence-electron chi connectivity index (χ4n) is 4.80. The first-order valence-corrected chi connectivity index (χ1v) is 12.7. The van der Waals surface area contributed by atoms with Crippen molar-refractivity contribution >= 4 is 41.3 Å². The fraction of sp³-hybridized carbons (Fsp3) is 0.520. The summed E-state index contributed by atoms with van der Waals surface area (Å²) in [6.45, 7) is 2.91. The van der Waals surface area contributed by atoms with Crippen molar-refractivity contribution in [3.05, 3.63) is 29.3 Å². The van der Waals surface area contributed by atoms with Gasteiger partial charge in [0.25, 0.3) is 11.8 Å². The number of ether oxygens (including phenoxy) is 3. The first-order chi connectivity index (χ1) is 18.7. The summed E-state index contributed by atoms with van der Waals surface area (Å²) in [6, 6.07) is 3.36. The van der Waals surface area contributed by atoms with Crippen LogP contribution in [0, 0.1) is 0 Å². The number of rotatable bonds is 11. The quantitative estimate of drug-likeness (QED) is 0.244. The second-order valence-electron chi connectivity index (χ2n) is 9.37. The van der Waals surface area contributed by atoms with Gasteiger partial charge in [0.15, 0.2) is 0 Å². The van der Waals surface area contributed by atoms with Crippen LogP contribution < -0.4 is 16.4 Å². The molecule has 0 spiro atoms. The van der Waals surface area contributed by atoms with E-state index in [1.54, 1.807) is 0 Å². The largest absolute Gasteiger partial charge is 0.446 e. The van der Waals surface area contributed by atoms with E-state index in [0.717, 1.165) is 30.8 Å². The smallest absolute Gasteiger partial charge is 0.404 e.